The summed E-state index contributed by atoms with van der Waals surface area (Å²) >= 11 is 0. The molecule has 1 fully saturated rings. The van der Waals surface area contributed by atoms with Gasteiger partial charge in [0, 0.05) is 39.6 Å². The van der Waals surface area contributed by atoms with Gasteiger partial charge in [-0.1, -0.05) is 30.3 Å². The highest BCUT2D eigenvalue weighted by Crippen LogP contribution is 2.15. The average molecular weight is 484 g/mol. The van der Waals surface area contributed by atoms with Crippen LogP contribution < -0.4 is 5.32 Å². The summed E-state index contributed by atoms with van der Waals surface area (Å²) in [5.41, 5.74) is 2.35. The van der Waals surface area contributed by atoms with Gasteiger partial charge >= 0.3 is 0 Å². The molecular formula is C21H33IN4O. The Hall–Kier alpha value is -1.57. The lowest BCUT2D eigenvalue weighted by molar-refractivity contribution is -0.128. The molecule has 0 bridgehead atoms. The van der Waals surface area contributed by atoms with Crippen molar-refractivity contribution in [3.8, 4) is 0 Å². The number of carbonyl (C=O) groups is 1. The Labute approximate surface area is 180 Å². The van der Waals surface area contributed by atoms with Crippen LogP contribution in [0.1, 0.15) is 43.7 Å². The van der Waals surface area contributed by atoms with E-state index in [9.17, 15) is 4.79 Å². The second-order valence-electron chi connectivity index (χ2n) is 6.76. The number of hydrogen-bond acceptors (Lipinski definition) is 2. The van der Waals surface area contributed by atoms with Crippen molar-refractivity contribution >= 4 is 35.8 Å². The van der Waals surface area contributed by atoms with Gasteiger partial charge < -0.3 is 15.1 Å². The van der Waals surface area contributed by atoms with E-state index in [1.165, 1.54) is 11.1 Å². The lowest BCUT2D eigenvalue weighted by atomic mass is 10.1. The molecule has 2 rings (SSSR count). The van der Waals surface area contributed by atoms with Crippen LogP contribution in [0.15, 0.2) is 41.9 Å². The molecule has 0 aromatic heterocycles. The Bertz CT molecular complexity index is 632. The fourth-order valence-corrected chi connectivity index (χ4v) is 3.13. The van der Waals surface area contributed by atoms with Gasteiger partial charge in [0.15, 0.2) is 5.96 Å². The van der Waals surface area contributed by atoms with Gasteiger partial charge in [-0.25, -0.2) is 4.99 Å². The molecule has 0 spiro atoms. The third-order valence-corrected chi connectivity index (χ3v) is 4.55. The zero-order valence-electron chi connectivity index (χ0n) is 16.6. The smallest absolute Gasteiger partial charge is 0.222 e. The van der Waals surface area contributed by atoms with E-state index in [0.29, 0.717) is 19.5 Å². The molecule has 1 amide bonds. The van der Waals surface area contributed by atoms with Crippen LogP contribution in [-0.4, -0.2) is 48.3 Å². The first kappa shape index (κ1) is 23.5. The van der Waals surface area contributed by atoms with Gasteiger partial charge in [0.1, 0.15) is 0 Å². The molecule has 6 heteroatoms. The molecule has 0 aliphatic carbocycles. The van der Waals surface area contributed by atoms with Crippen LogP contribution in [0.4, 0.5) is 0 Å². The van der Waals surface area contributed by atoms with E-state index in [1.807, 2.05) is 11.0 Å². The molecule has 1 aromatic rings. The maximum atomic E-state index is 11.8. The first-order valence-electron chi connectivity index (χ1n) is 9.60. The van der Waals surface area contributed by atoms with Gasteiger partial charge in [-0.3, -0.25) is 4.79 Å². The van der Waals surface area contributed by atoms with Crippen molar-refractivity contribution < 1.29 is 4.79 Å². The molecule has 150 valence electrons. The van der Waals surface area contributed by atoms with E-state index >= 15 is 0 Å². The summed E-state index contributed by atoms with van der Waals surface area (Å²) in [6.07, 6.45) is 5.71. The third-order valence-electron chi connectivity index (χ3n) is 4.55. The predicted molar refractivity (Wildman–Crippen MR) is 123 cm³/mol. The third kappa shape index (κ3) is 7.91. The maximum absolute atomic E-state index is 11.8. The highest BCUT2D eigenvalue weighted by Gasteiger charge is 2.19. The summed E-state index contributed by atoms with van der Waals surface area (Å²) in [5.74, 6) is 1.20. The van der Waals surface area contributed by atoms with Crippen molar-refractivity contribution in [1.82, 2.24) is 15.1 Å². The van der Waals surface area contributed by atoms with Crippen LogP contribution in [0, 0.1) is 0 Å². The molecule has 1 saturated heterocycles. The van der Waals surface area contributed by atoms with Gasteiger partial charge in [-0.2, -0.15) is 0 Å². The number of unbranched alkanes of at least 4 members (excludes halogenated alkanes) is 1. The summed E-state index contributed by atoms with van der Waals surface area (Å²) in [7, 11) is 2.07. The lowest BCUT2D eigenvalue weighted by Crippen LogP contribution is -2.39. The first-order chi connectivity index (χ1) is 12.6. The van der Waals surface area contributed by atoms with Crippen LogP contribution in [-0.2, 0) is 17.9 Å². The molecule has 0 saturated carbocycles. The van der Waals surface area contributed by atoms with Gasteiger partial charge in [0.25, 0.3) is 0 Å². The van der Waals surface area contributed by atoms with Gasteiger partial charge in [0.05, 0.1) is 6.54 Å². The fourth-order valence-electron chi connectivity index (χ4n) is 3.13. The molecule has 0 radical (unpaired) electrons. The van der Waals surface area contributed by atoms with Crippen molar-refractivity contribution in [2.75, 3.05) is 26.7 Å². The number of rotatable bonds is 9. The highest BCUT2D eigenvalue weighted by atomic mass is 127. The normalized spacial score (nSPS) is 14.1. The van der Waals surface area contributed by atoms with Crippen molar-refractivity contribution in [1.29, 1.82) is 0 Å². The van der Waals surface area contributed by atoms with Gasteiger partial charge in [-0.15, -0.1) is 30.6 Å². The Morgan fingerprint density at radius 1 is 1.41 bits per heavy atom. The van der Waals surface area contributed by atoms with E-state index in [2.05, 4.69) is 55.0 Å². The average Bonchev–Trinajstić information content (AvgIpc) is 3.04. The number of aliphatic imine (C=N–C) groups is 1. The van der Waals surface area contributed by atoms with Gasteiger partial charge in [-0.05, 0) is 37.3 Å². The zero-order valence-corrected chi connectivity index (χ0v) is 18.9. The number of guanidine groups is 1. The Morgan fingerprint density at radius 2 is 2.19 bits per heavy atom. The van der Waals surface area contributed by atoms with Gasteiger partial charge in [0.2, 0.25) is 5.91 Å². The quantitative estimate of drug-likeness (QED) is 0.191. The summed E-state index contributed by atoms with van der Waals surface area (Å²) in [6.45, 7) is 9.88. The first-order valence-corrected chi connectivity index (χ1v) is 9.60. The van der Waals surface area contributed by atoms with E-state index in [-0.39, 0.29) is 29.9 Å². The Kier molecular flexibility index (Phi) is 11.1. The minimum absolute atomic E-state index is 0. The Morgan fingerprint density at radius 3 is 2.85 bits per heavy atom. The standard InChI is InChI=1S/C21H32N4O.HI/c1-4-6-7-13-24(3)21(22-5-2)23-16-18-10-8-11-19(15-18)17-25-14-9-12-20(25)26;/h4,8,10-11,15H,1,5-7,9,12-14,16-17H2,2-3H3,(H,22,23);1H. The van der Waals surface area contributed by atoms with Crippen LogP contribution in [0.25, 0.3) is 0 Å². The summed E-state index contributed by atoms with van der Waals surface area (Å²) in [5, 5.41) is 3.36. The zero-order chi connectivity index (χ0) is 18.8. The summed E-state index contributed by atoms with van der Waals surface area (Å²) in [4.78, 5) is 20.7. The largest absolute Gasteiger partial charge is 0.357 e. The summed E-state index contributed by atoms with van der Waals surface area (Å²) in [6, 6.07) is 8.41. The minimum atomic E-state index is 0. The topological polar surface area (TPSA) is 47.9 Å². The molecule has 0 unspecified atom stereocenters. The molecule has 1 aliphatic rings. The second kappa shape index (κ2) is 12.8. The number of halogens is 1. The number of amides is 1. The van der Waals surface area contributed by atoms with Crippen LogP contribution in [0.3, 0.4) is 0 Å². The van der Waals surface area contributed by atoms with Crippen LogP contribution in [0.2, 0.25) is 0 Å². The molecule has 0 atom stereocenters. The van der Waals surface area contributed by atoms with Crippen LogP contribution >= 0.6 is 24.0 Å². The number of hydrogen-bond donors (Lipinski definition) is 1. The SMILES string of the molecule is C=CCCCN(C)C(=NCc1cccc(CN2CCCC2=O)c1)NCC.I. The molecule has 5 nitrogen and oxygen atoms in total. The number of carbonyl (C=O) groups excluding carboxylic acids is 1. The number of nitrogens with one attached hydrogen (secondary N) is 1. The molecule has 1 N–H and O–H groups in total. The number of allylic oxidation sites excluding steroid dienone is 1. The van der Waals surface area contributed by atoms with E-state index in [4.69, 9.17) is 4.99 Å². The second-order valence-corrected chi connectivity index (χ2v) is 6.76. The minimum Gasteiger partial charge on any atom is -0.357 e. The van der Waals surface area contributed by atoms with Crippen molar-refractivity contribution in [2.45, 2.75) is 45.7 Å². The number of nitrogens with zero attached hydrogens (tertiary/aromatic N) is 3. The van der Waals surface area contributed by atoms with Crippen molar-refractivity contribution in [3.05, 3.63) is 48.0 Å². The number of likely N-dealkylation sites (tertiary alicyclic amines) is 1. The molecule has 1 heterocycles. The van der Waals surface area contributed by atoms with Crippen molar-refractivity contribution in [2.24, 2.45) is 4.99 Å². The molecule has 27 heavy (non-hydrogen) atoms. The van der Waals surface area contributed by atoms with Crippen molar-refractivity contribution in [3.63, 3.8) is 0 Å². The molecule has 1 aromatic carbocycles. The predicted octanol–water partition coefficient (Wildman–Crippen LogP) is 3.79. The fraction of sp³-hybridized carbons (Fsp3) is 0.524. The number of benzene rings is 1. The molecular weight excluding hydrogens is 451 g/mol. The Balaban J connectivity index is 0.00000364. The monoisotopic (exact) mass is 484 g/mol. The molecule has 1 aliphatic heterocycles. The van der Waals surface area contributed by atoms with E-state index < -0.39 is 0 Å². The van der Waals surface area contributed by atoms with E-state index in [1.54, 1.807) is 0 Å². The van der Waals surface area contributed by atoms with Crippen LogP contribution in [0.5, 0.6) is 0 Å². The lowest BCUT2D eigenvalue weighted by Gasteiger charge is -2.22. The highest BCUT2D eigenvalue weighted by molar-refractivity contribution is 14.0. The maximum Gasteiger partial charge on any atom is 0.222 e. The summed E-state index contributed by atoms with van der Waals surface area (Å²) < 4.78 is 0. The van der Waals surface area contributed by atoms with E-state index in [0.717, 1.165) is 44.9 Å².